The fourth-order valence-electron chi connectivity index (χ4n) is 0.906. The molecule has 162 valence electrons. The van der Waals surface area contributed by atoms with Gasteiger partial charge in [0.05, 0.1) is 5.75 Å². The van der Waals surface area contributed by atoms with Gasteiger partial charge >= 0.3 is 84.0 Å². The van der Waals surface area contributed by atoms with Crippen LogP contribution in [0.4, 0.5) is 56.6 Å². The molecule has 0 radical (unpaired) electrons. The van der Waals surface area contributed by atoms with E-state index in [9.17, 15) is 65.0 Å². The van der Waals surface area contributed by atoms with Crippen LogP contribution in [0.2, 0.25) is 0 Å². The number of hydrogen-bond donors (Lipinski definition) is 0. The van der Waals surface area contributed by atoms with Crippen LogP contribution in [0.25, 0.3) is 0 Å². The Bertz CT molecular complexity index is 511. The summed E-state index contributed by atoms with van der Waals surface area (Å²) in [7, 11) is -12.6. The Kier molecular flexibility index (Phi) is 9.17. The molecule has 0 saturated carbocycles. The molecule has 0 saturated heterocycles. The van der Waals surface area contributed by atoms with Crippen molar-refractivity contribution in [3.05, 3.63) is 0 Å². The van der Waals surface area contributed by atoms with Crippen molar-refractivity contribution in [3.63, 3.8) is 0 Å². The minimum atomic E-state index is -8.77. The minimum absolute atomic E-state index is 0.236. The Morgan fingerprint density at radius 2 is 1.23 bits per heavy atom. The molecule has 0 aliphatic heterocycles. The van der Waals surface area contributed by atoms with Crippen LogP contribution in [0.15, 0.2) is 0 Å². The molecule has 26 heavy (non-hydrogen) atoms. The number of hydrogen-bond acceptors (Lipinski definition) is 3. The van der Waals surface area contributed by atoms with Gasteiger partial charge in [-0.2, -0.15) is 8.42 Å². The zero-order valence-electron chi connectivity index (χ0n) is 12.2. The second-order valence-electron chi connectivity index (χ2n) is 4.40. The van der Waals surface area contributed by atoms with E-state index in [1.165, 1.54) is 0 Å². The zero-order valence-corrected chi connectivity index (χ0v) is 14.0. The molecule has 0 rings (SSSR count). The Hall–Kier alpha value is -0.570. The average molecular weight is 464 g/mol. The van der Waals surface area contributed by atoms with Crippen LogP contribution in [0, 0.1) is 0 Å². The number of unbranched alkanes of at least 4 members (excludes halogenated alkanes) is 1. The Balaban J connectivity index is 0. The van der Waals surface area contributed by atoms with Gasteiger partial charge in [-0.15, -0.1) is 0 Å². The van der Waals surface area contributed by atoms with Crippen LogP contribution < -0.4 is 0 Å². The Morgan fingerprint density at radius 3 is 1.46 bits per heavy atom. The average Bonchev–Trinajstić information content (AvgIpc) is 2.43. The number of rotatable bonds is 7. The van der Waals surface area contributed by atoms with Gasteiger partial charge in [0.1, 0.15) is 0 Å². The normalized spacial score (nSPS) is 15.3. The third kappa shape index (κ3) is 6.25. The predicted octanol–water partition coefficient (Wildman–Crippen LogP) is 5.83. The summed E-state index contributed by atoms with van der Waals surface area (Å²) in [5, 5.41) is 0. The van der Waals surface area contributed by atoms with Crippen molar-refractivity contribution < 1.29 is 69.4 Å². The van der Waals surface area contributed by atoms with Crippen LogP contribution in [0.5, 0.6) is 0 Å². The molecule has 0 spiro atoms. The first-order chi connectivity index (χ1) is 11.1. The van der Waals surface area contributed by atoms with E-state index in [0.717, 1.165) is 0 Å². The number of alkyl halides is 9. The molecule has 0 fully saturated rings. The molecule has 0 bridgehead atoms. The summed E-state index contributed by atoms with van der Waals surface area (Å²) in [6, 6.07) is 0. The van der Waals surface area contributed by atoms with Crippen LogP contribution in [-0.2, 0) is 14.5 Å². The summed E-state index contributed by atoms with van der Waals surface area (Å²) >= 11 is 0. The number of halogens is 13. The van der Waals surface area contributed by atoms with E-state index in [1.807, 2.05) is 6.92 Å². The fourth-order valence-corrected chi connectivity index (χ4v) is 2.12. The van der Waals surface area contributed by atoms with E-state index in [0.29, 0.717) is 12.8 Å². The summed E-state index contributed by atoms with van der Waals surface area (Å²) < 4.78 is 174. The fraction of sp³-hybridized carbons (Fsp3) is 1.00. The molecule has 0 N–H and O–H groups in total. The van der Waals surface area contributed by atoms with Gasteiger partial charge in [-0.1, -0.05) is 17.7 Å². The second-order valence-corrected chi connectivity index (χ2v) is 7.67. The predicted molar refractivity (Wildman–Crippen MR) is 63.4 cm³/mol. The van der Waals surface area contributed by atoms with E-state index in [1.54, 1.807) is 0 Å². The second kappa shape index (κ2) is 8.63. The summed E-state index contributed by atoms with van der Waals surface area (Å²) in [4.78, 5) is 0. The Morgan fingerprint density at radius 1 is 0.846 bits per heavy atom. The summed E-state index contributed by atoms with van der Waals surface area (Å²) in [5.74, 6) is -15.3. The first kappa shape index (κ1) is 27.6. The maximum absolute atomic E-state index is 12.1. The van der Waals surface area contributed by atoms with Gasteiger partial charge in [-0.05, 0) is 10.9 Å². The molecule has 0 aromatic rings. The van der Waals surface area contributed by atoms with Gasteiger partial charge in [0.15, 0.2) is 0 Å². The van der Waals surface area contributed by atoms with Crippen molar-refractivity contribution in [2.45, 2.75) is 43.5 Å². The molecular formula is C8H10F13O3PS. The quantitative estimate of drug-likeness (QED) is 0.352. The van der Waals surface area contributed by atoms with Crippen molar-refractivity contribution in [1.82, 2.24) is 0 Å². The molecule has 0 heterocycles. The zero-order chi connectivity index (χ0) is 21.8. The molecule has 0 aromatic carbocycles. The third-order valence-electron chi connectivity index (χ3n) is 2.34. The van der Waals surface area contributed by atoms with Gasteiger partial charge in [0, 0.05) is 0 Å². The van der Waals surface area contributed by atoms with Crippen molar-refractivity contribution in [1.29, 1.82) is 0 Å². The maximum atomic E-state index is 12.1. The first-order valence-electron chi connectivity index (χ1n) is 5.92. The molecule has 0 aromatic heterocycles. The van der Waals surface area contributed by atoms with Crippen LogP contribution in [0.1, 0.15) is 19.8 Å². The van der Waals surface area contributed by atoms with Crippen molar-refractivity contribution >= 4 is 18.3 Å². The van der Waals surface area contributed by atoms with Gasteiger partial charge < -0.3 is 0 Å². The summed E-state index contributed by atoms with van der Waals surface area (Å²) in [5.41, 5.74) is -7.39. The van der Waals surface area contributed by atoms with E-state index >= 15 is 0 Å². The Labute approximate surface area is 138 Å². The van der Waals surface area contributed by atoms with Crippen LogP contribution >= 0.6 is 8.19 Å². The van der Waals surface area contributed by atoms with Gasteiger partial charge in [0.2, 0.25) is 0 Å². The van der Waals surface area contributed by atoms with E-state index < -0.39 is 42.0 Å². The molecule has 3 nitrogen and oxygen atoms in total. The van der Waals surface area contributed by atoms with Gasteiger partial charge in [-0.25, -0.2) is 0 Å². The molecule has 0 aliphatic rings. The molecule has 18 heteroatoms. The molecule has 0 unspecified atom stereocenters. The monoisotopic (exact) mass is 464 g/mol. The van der Waals surface area contributed by atoms with Gasteiger partial charge in [-0.3, -0.25) is 0 Å². The summed E-state index contributed by atoms with van der Waals surface area (Å²) in [6.07, 6.45) is -6.09. The van der Waals surface area contributed by atoms with Crippen molar-refractivity contribution in [2.24, 2.45) is 0 Å². The third-order valence-corrected chi connectivity index (χ3v) is 4.35. The molecule has 0 amide bonds. The van der Waals surface area contributed by atoms with Crippen molar-refractivity contribution in [2.75, 3.05) is 5.75 Å². The van der Waals surface area contributed by atoms with Crippen LogP contribution in [-0.4, -0.2) is 37.9 Å². The summed E-state index contributed by atoms with van der Waals surface area (Å²) in [6.45, 7) is 1.81. The first-order valence-corrected chi connectivity index (χ1v) is 9.13. The molecule has 0 atom stereocenters. The van der Waals surface area contributed by atoms with Crippen molar-refractivity contribution in [3.8, 4) is 0 Å². The molecular weight excluding hydrogens is 454 g/mol. The molecule has 0 aliphatic carbocycles. The SMILES string of the molecule is CCCCS(=O)(=O)OF.FC(F)(F)C(F)(F)C(F)(F)C(F)(F)[PH](F)(F)F. The van der Waals surface area contributed by atoms with E-state index in [4.69, 9.17) is 0 Å². The van der Waals surface area contributed by atoms with Gasteiger partial charge in [0.25, 0.3) is 10.1 Å². The van der Waals surface area contributed by atoms with Crippen LogP contribution in [0.3, 0.4) is 0 Å². The van der Waals surface area contributed by atoms with E-state index in [-0.39, 0.29) is 5.75 Å². The van der Waals surface area contributed by atoms with E-state index in [2.05, 4.69) is 4.39 Å². The topological polar surface area (TPSA) is 43.4 Å². The standard InChI is InChI=1S/C4HF12P.C4H9FO3S/c5-1(6,3(9,10)11)2(7,8)4(12,13)17(14,15)16;1-2-3-4-9(6,7)8-5/h17H;2-4H2,1H3.